The Bertz CT molecular complexity index is 3000. The van der Waals surface area contributed by atoms with Crippen molar-refractivity contribution in [2.45, 2.75) is 142 Å². The van der Waals surface area contributed by atoms with Crippen molar-refractivity contribution in [3.8, 4) is 0 Å². The van der Waals surface area contributed by atoms with E-state index < -0.39 is 0 Å². The predicted octanol–water partition coefficient (Wildman–Crippen LogP) is 15.2. The molecule has 0 bridgehead atoms. The second-order valence-corrected chi connectivity index (χ2v) is 25.1. The fraction of sp³-hybridized carbons (Fsp3) is 0.344. The van der Waals surface area contributed by atoms with Gasteiger partial charge in [-0.2, -0.15) is 0 Å². The number of rotatable bonds is 3. The number of benzene rings is 7. The van der Waals surface area contributed by atoms with Crippen molar-refractivity contribution < 1.29 is 0 Å². The molecule has 0 spiro atoms. The van der Waals surface area contributed by atoms with Crippen LogP contribution in [0.25, 0.3) is 0 Å². The van der Waals surface area contributed by atoms with Crippen LogP contribution in [0.4, 0.5) is 45.5 Å². The van der Waals surface area contributed by atoms with Crippen molar-refractivity contribution in [2.24, 2.45) is 0 Å². The fourth-order valence-corrected chi connectivity index (χ4v) is 12.5. The lowest BCUT2D eigenvalue weighted by atomic mass is 9.33. The Hall–Kier alpha value is -6.00. The Balaban J connectivity index is 1.28. The summed E-state index contributed by atoms with van der Waals surface area (Å²) in [5.74, 6) is 0. The van der Waals surface area contributed by atoms with Gasteiger partial charge in [0.1, 0.15) is 0 Å². The molecule has 0 aromatic heterocycles. The quantitative estimate of drug-likeness (QED) is 0.164. The first-order valence-electron chi connectivity index (χ1n) is 25.3. The number of hydrogen-bond acceptors (Lipinski definition) is 3. The Morgan fingerprint density at radius 2 is 0.838 bits per heavy atom. The van der Waals surface area contributed by atoms with Crippen LogP contribution in [0.5, 0.6) is 0 Å². The van der Waals surface area contributed by atoms with E-state index >= 15 is 0 Å². The molecule has 11 rings (SSSR count). The second kappa shape index (κ2) is 14.8. The first kappa shape index (κ1) is 44.5. The summed E-state index contributed by atoms with van der Waals surface area (Å²) in [5, 5.41) is 0. The lowest BCUT2D eigenvalue weighted by Gasteiger charge is -2.52. The highest BCUT2D eigenvalue weighted by Gasteiger charge is 2.60. The average Bonchev–Trinajstić information content (AvgIpc) is 3.50. The fourth-order valence-electron chi connectivity index (χ4n) is 12.5. The Kier molecular flexibility index (Phi) is 9.66. The highest BCUT2D eigenvalue weighted by atomic mass is 15.3. The number of aryl methyl sites for hydroxylation is 1. The molecule has 3 nitrogen and oxygen atoms in total. The molecular weight excluding hydrogens is 822 g/mol. The lowest BCUT2D eigenvalue weighted by Crippen LogP contribution is -2.62. The third-order valence-corrected chi connectivity index (χ3v) is 16.7. The van der Waals surface area contributed by atoms with Crippen molar-refractivity contribution in [3.63, 3.8) is 0 Å². The maximum absolute atomic E-state index is 2.75. The first-order chi connectivity index (χ1) is 32.0. The van der Waals surface area contributed by atoms with E-state index in [1.54, 1.807) is 0 Å². The summed E-state index contributed by atoms with van der Waals surface area (Å²) < 4.78 is 0. The van der Waals surface area contributed by atoms with Crippen LogP contribution >= 0.6 is 0 Å². The van der Waals surface area contributed by atoms with Gasteiger partial charge < -0.3 is 14.7 Å². The number of hydrogen-bond donors (Lipinski definition) is 0. The standard InChI is InChI=1S/C64H70BN3/c1-59(2,3)42-23-29-46(30-24-42)66-54-33-27-44(61(7,8)9)37-51(54)65-52-38-45(62(10,11)12)28-34-55(52)67(47-31-25-43(26-32-47)60(4,5)6)57-40-48(39-56(66)58(57)65)68-53-22-18-17-21-50(53)63(13)36-35-41-19-15-16-20-49(41)64(63,68)14/h15-34,37-40H,35-36H2,1-14H3. The van der Waals surface area contributed by atoms with Gasteiger partial charge >= 0.3 is 0 Å². The van der Waals surface area contributed by atoms with Gasteiger partial charge in [0.05, 0.1) is 5.54 Å². The summed E-state index contributed by atoms with van der Waals surface area (Å²) >= 11 is 0. The van der Waals surface area contributed by atoms with Crippen molar-refractivity contribution in [2.75, 3.05) is 14.7 Å². The van der Waals surface area contributed by atoms with E-state index in [9.17, 15) is 0 Å². The summed E-state index contributed by atoms with van der Waals surface area (Å²) in [6.45, 7) is 33.1. The van der Waals surface area contributed by atoms with E-state index in [1.807, 2.05) is 0 Å². The minimum Gasteiger partial charge on any atom is -0.330 e. The van der Waals surface area contributed by atoms with Crippen LogP contribution in [0.3, 0.4) is 0 Å². The summed E-state index contributed by atoms with van der Waals surface area (Å²) in [4.78, 5) is 7.99. The number of para-hydroxylation sites is 1. The van der Waals surface area contributed by atoms with Gasteiger partial charge in [0, 0.05) is 50.9 Å². The molecule has 3 heterocycles. The molecule has 4 aliphatic rings. The molecule has 0 N–H and O–H groups in total. The molecule has 0 saturated heterocycles. The molecule has 3 aliphatic heterocycles. The molecular formula is C64H70BN3. The number of fused-ring (bicyclic) bond motifs is 9. The van der Waals surface area contributed by atoms with Gasteiger partial charge in [0.15, 0.2) is 0 Å². The van der Waals surface area contributed by atoms with Crippen LogP contribution in [0, 0.1) is 0 Å². The van der Waals surface area contributed by atoms with E-state index in [0.717, 1.165) is 12.8 Å². The largest absolute Gasteiger partial charge is 0.330 e. The normalized spacial score (nSPS) is 19.5. The molecule has 0 saturated carbocycles. The summed E-state index contributed by atoms with van der Waals surface area (Å²) in [6, 6.07) is 57.5. The molecule has 68 heavy (non-hydrogen) atoms. The van der Waals surface area contributed by atoms with Crippen LogP contribution in [0.2, 0.25) is 0 Å². The second-order valence-electron chi connectivity index (χ2n) is 25.1. The van der Waals surface area contributed by atoms with E-state index in [4.69, 9.17) is 0 Å². The van der Waals surface area contributed by atoms with Crippen molar-refractivity contribution in [1.82, 2.24) is 0 Å². The van der Waals surface area contributed by atoms with Gasteiger partial charge in [-0.25, -0.2) is 0 Å². The maximum Gasteiger partial charge on any atom is 0.252 e. The van der Waals surface area contributed by atoms with E-state index in [-0.39, 0.29) is 39.3 Å². The highest BCUT2D eigenvalue weighted by Crippen LogP contribution is 2.64. The van der Waals surface area contributed by atoms with E-state index in [2.05, 4.69) is 257 Å². The molecule has 4 heteroatoms. The zero-order chi connectivity index (χ0) is 48.1. The van der Waals surface area contributed by atoms with E-state index in [1.165, 1.54) is 101 Å². The zero-order valence-corrected chi connectivity index (χ0v) is 43.2. The molecule has 2 atom stereocenters. The van der Waals surface area contributed by atoms with Gasteiger partial charge in [0.2, 0.25) is 0 Å². The van der Waals surface area contributed by atoms with Crippen molar-refractivity contribution in [1.29, 1.82) is 0 Å². The molecule has 7 aromatic rings. The van der Waals surface area contributed by atoms with Crippen LogP contribution < -0.4 is 31.1 Å². The summed E-state index contributed by atoms with van der Waals surface area (Å²) in [7, 11) is 0. The Morgan fingerprint density at radius 1 is 0.412 bits per heavy atom. The maximum atomic E-state index is 2.75. The van der Waals surface area contributed by atoms with Crippen molar-refractivity contribution in [3.05, 3.63) is 185 Å². The van der Waals surface area contributed by atoms with Crippen LogP contribution in [0.15, 0.2) is 146 Å². The molecule has 1 aliphatic carbocycles. The monoisotopic (exact) mass is 892 g/mol. The van der Waals surface area contributed by atoms with Gasteiger partial charge in [-0.05, 0) is 151 Å². The minimum atomic E-state index is -0.355. The van der Waals surface area contributed by atoms with Crippen LogP contribution in [0.1, 0.15) is 142 Å². The highest BCUT2D eigenvalue weighted by molar-refractivity contribution is 7.00. The van der Waals surface area contributed by atoms with Gasteiger partial charge in [-0.3, -0.25) is 0 Å². The summed E-state index contributed by atoms with van der Waals surface area (Å²) in [6.07, 6.45) is 2.15. The smallest absolute Gasteiger partial charge is 0.252 e. The topological polar surface area (TPSA) is 9.72 Å². The first-order valence-corrected chi connectivity index (χ1v) is 25.3. The molecule has 0 radical (unpaired) electrons. The molecule has 344 valence electrons. The molecule has 0 amide bonds. The van der Waals surface area contributed by atoms with Crippen LogP contribution in [-0.2, 0) is 39.0 Å². The zero-order valence-electron chi connectivity index (χ0n) is 43.2. The SMILES string of the molecule is CC(C)(C)c1ccc(N2c3ccc(C(C)(C)C)cc3B3c4cc(C(C)(C)C)ccc4N(c4ccc(C(C)(C)C)cc4)c4cc(N5c6ccccc6C6(C)CCc7ccccc7C56C)cc2c43)cc1. The van der Waals surface area contributed by atoms with Gasteiger partial charge in [0.25, 0.3) is 6.71 Å². The number of anilines is 8. The van der Waals surface area contributed by atoms with E-state index in [0.29, 0.717) is 0 Å². The molecule has 7 aromatic carbocycles. The molecule has 0 fully saturated rings. The molecule has 2 unspecified atom stereocenters. The summed E-state index contributed by atoms with van der Waals surface area (Å²) in [5.41, 5.74) is 23.1. The Morgan fingerprint density at radius 3 is 1.31 bits per heavy atom. The number of nitrogens with zero attached hydrogens (tertiary/aromatic N) is 3. The van der Waals surface area contributed by atoms with Crippen LogP contribution in [-0.4, -0.2) is 6.71 Å². The Labute approximate surface area is 408 Å². The van der Waals surface area contributed by atoms with Crippen molar-refractivity contribution >= 4 is 68.6 Å². The minimum absolute atomic E-state index is 0.000898. The van der Waals surface area contributed by atoms with Gasteiger partial charge in [-0.15, -0.1) is 0 Å². The predicted molar refractivity (Wildman–Crippen MR) is 293 cm³/mol. The average molecular weight is 892 g/mol. The third kappa shape index (κ3) is 6.52. The third-order valence-electron chi connectivity index (χ3n) is 16.7. The van der Waals surface area contributed by atoms with Gasteiger partial charge in [-0.1, -0.05) is 181 Å². The lowest BCUT2D eigenvalue weighted by molar-refractivity contribution is 0.245.